The Bertz CT molecular complexity index is 271. The minimum atomic E-state index is 0.0720. The number of carbonyl (C=O) groups excluding carboxylic acids is 1. The molecule has 0 aliphatic carbocycles. The Morgan fingerprint density at radius 3 is 2.65 bits per heavy atom. The van der Waals surface area contributed by atoms with Crippen molar-refractivity contribution in [3.63, 3.8) is 0 Å². The smallest absolute Gasteiger partial charge is 0.222 e. The van der Waals surface area contributed by atoms with Crippen molar-refractivity contribution in [1.82, 2.24) is 10.6 Å². The van der Waals surface area contributed by atoms with Gasteiger partial charge in [-0.1, -0.05) is 13.8 Å². The predicted octanol–water partition coefficient (Wildman–Crippen LogP) is 1.18. The summed E-state index contributed by atoms with van der Waals surface area (Å²) in [4.78, 5) is 11.8. The van der Waals surface area contributed by atoms with Crippen LogP contribution in [0, 0.1) is 11.3 Å². The van der Waals surface area contributed by atoms with Crippen molar-refractivity contribution in [3.8, 4) is 0 Å². The monoisotopic (exact) mass is 286 g/mol. The Balaban J connectivity index is 2.23. The lowest BCUT2D eigenvalue weighted by atomic mass is 9.79. The molecule has 2 N–H and O–H groups in total. The molecule has 0 aromatic carbocycles. The fraction of sp³-hybridized carbons (Fsp3) is 0.933. The summed E-state index contributed by atoms with van der Waals surface area (Å²) in [7, 11) is 1.73. The predicted molar refractivity (Wildman–Crippen MR) is 79.7 cm³/mol. The average molecular weight is 286 g/mol. The molecule has 5 nitrogen and oxygen atoms in total. The lowest BCUT2D eigenvalue weighted by Gasteiger charge is -2.37. The standard InChI is InChI=1S/C15H30N2O3/c1-13(2)10-20-9-4-14(18)17-11-15(12-19-3)5-7-16-8-6-15/h13,16H,4-12H2,1-3H3,(H,17,18). The number of rotatable bonds is 9. The van der Waals surface area contributed by atoms with Crippen molar-refractivity contribution in [3.05, 3.63) is 0 Å². The Morgan fingerprint density at radius 1 is 1.35 bits per heavy atom. The molecule has 0 radical (unpaired) electrons. The molecule has 1 aliphatic rings. The molecule has 1 aliphatic heterocycles. The number of methoxy groups -OCH3 is 1. The molecule has 0 spiro atoms. The first-order valence-corrected chi connectivity index (χ1v) is 7.62. The van der Waals surface area contributed by atoms with Gasteiger partial charge in [0.15, 0.2) is 0 Å². The summed E-state index contributed by atoms with van der Waals surface area (Å²) in [6.45, 7) is 8.82. The molecule has 0 aromatic rings. The zero-order chi connectivity index (χ0) is 14.8. The molecule has 0 aromatic heterocycles. The maximum Gasteiger partial charge on any atom is 0.222 e. The molecule has 1 saturated heterocycles. The van der Waals surface area contributed by atoms with E-state index in [0.29, 0.717) is 38.7 Å². The molecule has 0 bridgehead atoms. The van der Waals surface area contributed by atoms with E-state index in [1.807, 2.05) is 0 Å². The highest BCUT2D eigenvalue weighted by Crippen LogP contribution is 2.28. The number of piperidine rings is 1. The molecular formula is C15H30N2O3. The van der Waals surface area contributed by atoms with E-state index in [4.69, 9.17) is 9.47 Å². The van der Waals surface area contributed by atoms with Gasteiger partial charge in [-0.25, -0.2) is 0 Å². The van der Waals surface area contributed by atoms with Crippen LogP contribution in [0.1, 0.15) is 33.1 Å². The lowest BCUT2D eigenvalue weighted by molar-refractivity contribution is -0.123. The van der Waals surface area contributed by atoms with Crippen LogP contribution in [0.2, 0.25) is 0 Å². The maximum atomic E-state index is 11.8. The molecule has 1 rings (SSSR count). The first-order valence-electron chi connectivity index (χ1n) is 7.62. The summed E-state index contributed by atoms with van der Waals surface area (Å²) in [5.41, 5.74) is 0.0917. The van der Waals surface area contributed by atoms with Crippen LogP contribution in [0.3, 0.4) is 0 Å². The fourth-order valence-corrected chi connectivity index (χ4v) is 2.49. The van der Waals surface area contributed by atoms with E-state index in [1.165, 1.54) is 0 Å². The van der Waals surface area contributed by atoms with Crippen LogP contribution in [-0.2, 0) is 14.3 Å². The lowest BCUT2D eigenvalue weighted by Crippen LogP contribution is -2.47. The summed E-state index contributed by atoms with van der Waals surface area (Å²) in [5, 5.41) is 6.39. The van der Waals surface area contributed by atoms with E-state index in [0.717, 1.165) is 25.9 Å². The van der Waals surface area contributed by atoms with Gasteiger partial charge in [0, 0.05) is 32.1 Å². The van der Waals surface area contributed by atoms with Crippen molar-refractivity contribution < 1.29 is 14.3 Å². The van der Waals surface area contributed by atoms with Crippen molar-refractivity contribution in [2.24, 2.45) is 11.3 Å². The largest absolute Gasteiger partial charge is 0.384 e. The number of ether oxygens (including phenoxy) is 2. The van der Waals surface area contributed by atoms with E-state index in [1.54, 1.807) is 7.11 Å². The zero-order valence-electron chi connectivity index (χ0n) is 13.2. The second-order valence-corrected chi connectivity index (χ2v) is 6.18. The van der Waals surface area contributed by atoms with Gasteiger partial charge >= 0.3 is 0 Å². The Hall–Kier alpha value is -0.650. The van der Waals surface area contributed by atoms with Crippen LogP contribution in [0.15, 0.2) is 0 Å². The molecule has 0 saturated carbocycles. The molecule has 0 atom stereocenters. The van der Waals surface area contributed by atoms with Crippen molar-refractivity contribution >= 4 is 5.91 Å². The fourth-order valence-electron chi connectivity index (χ4n) is 2.49. The quantitative estimate of drug-likeness (QED) is 0.625. The van der Waals surface area contributed by atoms with E-state index in [9.17, 15) is 4.79 Å². The number of hydrogen-bond donors (Lipinski definition) is 2. The second kappa shape index (κ2) is 9.32. The van der Waals surface area contributed by atoms with Gasteiger partial charge in [-0.3, -0.25) is 4.79 Å². The van der Waals surface area contributed by atoms with E-state index in [-0.39, 0.29) is 11.3 Å². The first-order chi connectivity index (χ1) is 9.58. The van der Waals surface area contributed by atoms with Crippen LogP contribution >= 0.6 is 0 Å². The van der Waals surface area contributed by atoms with Gasteiger partial charge in [-0.05, 0) is 31.8 Å². The van der Waals surface area contributed by atoms with Gasteiger partial charge in [-0.2, -0.15) is 0 Å². The topological polar surface area (TPSA) is 59.6 Å². The molecule has 1 fully saturated rings. The summed E-state index contributed by atoms with van der Waals surface area (Å²) >= 11 is 0. The molecular weight excluding hydrogens is 256 g/mol. The second-order valence-electron chi connectivity index (χ2n) is 6.18. The highest BCUT2D eigenvalue weighted by molar-refractivity contribution is 5.76. The van der Waals surface area contributed by atoms with Gasteiger partial charge in [-0.15, -0.1) is 0 Å². The van der Waals surface area contributed by atoms with E-state index in [2.05, 4.69) is 24.5 Å². The minimum absolute atomic E-state index is 0.0720. The van der Waals surface area contributed by atoms with Crippen LogP contribution in [0.25, 0.3) is 0 Å². The minimum Gasteiger partial charge on any atom is -0.384 e. The highest BCUT2D eigenvalue weighted by Gasteiger charge is 2.32. The van der Waals surface area contributed by atoms with Gasteiger partial charge in [0.05, 0.1) is 13.2 Å². The van der Waals surface area contributed by atoms with Crippen molar-refractivity contribution in [2.45, 2.75) is 33.1 Å². The molecule has 1 amide bonds. The number of hydrogen-bond acceptors (Lipinski definition) is 4. The van der Waals surface area contributed by atoms with Gasteiger partial charge in [0.25, 0.3) is 0 Å². The number of nitrogens with one attached hydrogen (secondary N) is 2. The third-order valence-corrected chi connectivity index (χ3v) is 3.70. The zero-order valence-corrected chi connectivity index (χ0v) is 13.2. The van der Waals surface area contributed by atoms with Crippen LogP contribution in [0.5, 0.6) is 0 Å². The third kappa shape index (κ3) is 6.68. The average Bonchev–Trinajstić information content (AvgIpc) is 2.43. The van der Waals surface area contributed by atoms with E-state index < -0.39 is 0 Å². The number of amides is 1. The molecule has 0 unspecified atom stereocenters. The van der Waals surface area contributed by atoms with E-state index >= 15 is 0 Å². The van der Waals surface area contributed by atoms with Crippen molar-refractivity contribution in [1.29, 1.82) is 0 Å². The Kier molecular flexibility index (Phi) is 8.11. The Labute approximate surface area is 122 Å². The maximum absolute atomic E-state index is 11.8. The first kappa shape index (κ1) is 17.4. The number of carbonyl (C=O) groups is 1. The Morgan fingerprint density at radius 2 is 2.05 bits per heavy atom. The summed E-state index contributed by atoms with van der Waals surface area (Å²) in [6.07, 6.45) is 2.53. The highest BCUT2D eigenvalue weighted by atomic mass is 16.5. The SMILES string of the molecule is COCC1(CNC(=O)CCOCC(C)C)CCNCC1. The van der Waals surface area contributed by atoms with Crippen LogP contribution in [0.4, 0.5) is 0 Å². The van der Waals surface area contributed by atoms with Crippen LogP contribution < -0.4 is 10.6 Å². The van der Waals surface area contributed by atoms with Crippen LogP contribution in [-0.4, -0.2) is 52.5 Å². The third-order valence-electron chi connectivity index (χ3n) is 3.70. The molecule has 20 heavy (non-hydrogen) atoms. The molecule has 5 heteroatoms. The van der Waals surface area contributed by atoms with Gasteiger partial charge in [0.1, 0.15) is 0 Å². The summed E-state index contributed by atoms with van der Waals surface area (Å²) < 4.78 is 10.8. The van der Waals surface area contributed by atoms with Crippen molar-refractivity contribution in [2.75, 3.05) is 46.6 Å². The molecule has 118 valence electrons. The van der Waals surface area contributed by atoms with Gasteiger partial charge in [0.2, 0.25) is 5.91 Å². The summed E-state index contributed by atoms with van der Waals surface area (Å²) in [5.74, 6) is 0.584. The summed E-state index contributed by atoms with van der Waals surface area (Å²) in [6, 6.07) is 0. The normalized spacial score (nSPS) is 18.2. The van der Waals surface area contributed by atoms with Gasteiger partial charge < -0.3 is 20.1 Å². The molecule has 1 heterocycles.